The van der Waals surface area contributed by atoms with Crippen molar-refractivity contribution >= 4 is 0 Å². The van der Waals surface area contributed by atoms with E-state index in [0.29, 0.717) is 6.04 Å². The van der Waals surface area contributed by atoms with Crippen LogP contribution < -0.4 is 5.32 Å². The van der Waals surface area contributed by atoms with Gasteiger partial charge in [0.25, 0.3) is 0 Å². The molecule has 0 amide bonds. The van der Waals surface area contributed by atoms with Gasteiger partial charge in [-0.2, -0.15) is 0 Å². The van der Waals surface area contributed by atoms with Crippen molar-refractivity contribution in [1.29, 1.82) is 0 Å². The van der Waals surface area contributed by atoms with Crippen molar-refractivity contribution in [2.75, 3.05) is 40.3 Å². The third-order valence-corrected chi connectivity index (χ3v) is 3.89. The molecule has 0 aromatic rings. The molecule has 2 unspecified atom stereocenters. The number of likely N-dealkylation sites (N-methyl/N-ethyl adjacent to an activating group) is 1. The lowest BCUT2D eigenvalue weighted by Gasteiger charge is -2.20. The molecule has 0 bridgehead atoms. The third-order valence-electron chi connectivity index (χ3n) is 3.89. The molecule has 2 atom stereocenters. The van der Waals surface area contributed by atoms with Crippen LogP contribution >= 0.6 is 0 Å². The van der Waals surface area contributed by atoms with E-state index in [0.717, 1.165) is 12.6 Å². The molecule has 3 heteroatoms. The third kappa shape index (κ3) is 5.84. The van der Waals surface area contributed by atoms with Gasteiger partial charge in [0.1, 0.15) is 0 Å². The molecular weight excluding hydrogens is 210 g/mol. The molecule has 1 fully saturated rings. The average molecular weight is 241 g/mol. The summed E-state index contributed by atoms with van der Waals surface area (Å²) >= 11 is 0. The highest BCUT2D eigenvalue weighted by molar-refractivity contribution is 4.80. The highest BCUT2D eigenvalue weighted by atomic mass is 15.2. The van der Waals surface area contributed by atoms with Crippen LogP contribution in [-0.2, 0) is 0 Å². The fourth-order valence-electron chi connectivity index (χ4n) is 2.67. The lowest BCUT2D eigenvalue weighted by atomic mass is 10.1. The van der Waals surface area contributed by atoms with E-state index in [4.69, 9.17) is 0 Å². The van der Waals surface area contributed by atoms with Gasteiger partial charge in [-0.15, -0.1) is 0 Å². The van der Waals surface area contributed by atoms with Gasteiger partial charge in [-0.1, -0.05) is 13.3 Å². The van der Waals surface area contributed by atoms with E-state index < -0.39 is 0 Å². The zero-order valence-electron chi connectivity index (χ0n) is 12.2. The number of nitrogens with zero attached hydrogens (tertiary/aromatic N) is 2. The Morgan fingerprint density at radius 1 is 1.35 bits per heavy atom. The van der Waals surface area contributed by atoms with Crippen molar-refractivity contribution in [1.82, 2.24) is 15.1 Å². The van der Waals surface area contributed by atoms with Crippen molar-refractivity contribution < 1.29 is 0 Å². The Balaban J connectivity index is 2.01. The zero-order valence-corrected chi connectivity index (χ0v) is 12.2. The molecule has 0 saturated carbocycles. The van der Waals surface area contributed by atoms with E-state index in [1.54, 1.807) is 0 Å². The van der Waals surface area contributed by atoms with Gasteiger partial charge in [0.05, 0.1) is 0 Å². The van der Waals surface area contributed by atoms with Crippen LogP contribution in [0.1, 0.15) is 39.5 Å². The molecule has 0 aromatic carbocycles. The Morgan fingerprint density at radius 3 is 2.71 bits per heavy atom. The van der Waals surface area contributed by atoms with Gasteiger partial charge < -0.3 is 15.1 Å². The van der Waals surface area contributed by atoms with E-state index in [9.17, 15) is 0 Å². The van der Waals surface area contributed by atoms with Crippen LogP contribution in [-0.4, -0.2) is 62.2 Å². The van der Waals surface area contributed by atoms with Crippen molar-refractivity contribution in [3.63, 3.8) is 0 Å². The number of nitrogens with one attached hydrogen (secondary N) is 1. The van der Waals surface area contributed by atoms with Gasteiger partial charge >= 0.3 is 0 Å². The maximum absolute atomic E-state index is 3.48. The van der Waals surface area contributed by atoms with Gasteiger partial charge in [-0.05, 0) is 59.9 Å². The lowest BCUT2D eigenvalue weighted by molar-refractivity contribution is 0.265. The summed E-state index contributed by atoms with van der Waals surface area (Å²) in [7, 11) is 4.40. The van der Waals surface area contributed by atoms with Crippen LogP contribution in [0.2, 0.25) is 0 Å². The molecule has 102 valence electrons. The van der Waals surface area contributed by atoms with Crippen LogP contribution in [0.3, 0.4) is 0 Å². The summed E-state index contributed by atoms with van der Waals surface area (Å²) in [6.45, 7) is 9.44. The largest absolute Gasteiger partial charge is 0.315 e. The molecule has 1 saturated heterocycles. The molecule has 17 heavy (non-hydrogen) atoms. The van der Waals surface area contributed by atoms with Gasteiger partial charge in [-0.3, -0.25) is 0 Å². The molecule has 0 aliphatic carbocycles. The SMILES string of the molecule is CCNC(C)CCCCN1CCC(N(C)C)C1. The summed E-state index contributed by atoms with van der Waals surface area (Å²) < 4.78 is 0. The molecule has 1 heterocycles. The Labute approximate surface area is 108 Å². The van der Waals surface area contributed by atoms with Crippen molar-refractivity contribution in [2.45, 2.75) is 51.6 Å². The minimum atomic E-state index is 0.688. The predicted molar refractivity (Wildman–Crippen MR) is 75.5 cm³/mol. The maximum Gasteiger partial charge on any atom is 0.0229 e. The van der Waals surface area contributed by atoms with Gasteiger partial charge in [0, 0.05) is 18.6 Å². The molecular formula is C14H31N3. The monoisotopic (exact) mass is 241 g/mol. The summed E-state index contributed by atoms with van der Waals surface area (Å²) in [6, 6.07) is 1.48. The molecule has 1 N–H and O–H groups in total. The maximum atomic E-state index is 3.48. The highest BCUT2D eigenvalue weighted by Crippen LogP contribution is 2.14. The van der Waals surface area contributed by atoms with Crippen LogP contribution in [0.15, 0.2) is 0 Å². The Hall–Kier alpha value is -0.120. The number of rotatable bonds is 8. The summed E-state index contributed by atoms with van der Waals surface area (Å²) in [5, 5.41) is 3.48. The summed E-state index contributed by atoms with van der Waals surface area (Å²) in [5.74, 6) is 0. The second kappa shape index (κ2) is 8.06. The minimum Gasteiger partial charge on any atom is -0.315 e. The van der Waals surface area contributed by atoms with Crippen LogP contribution in [0.25, 0.3) is 0 Å². The first-order valence-electron chi connectivity index (χ1n) is 7.25. The number of hydrogen-bond donors (Lipinski definition) is 1. The summed E-state index contributed by atoms with van der Waals surface area (Å²) in [4.78, 5) is 5.00. The molecule has 0 radical (unpaired) electrons. The Bertz CT molecular complexity index is 194. The van der Waals surface area contributed by atoms with Crippen LogP contribution in [0.5, 0.6) is 0 Å². The molecule has 3 nitrogen and oxygen atoms in total. The quantitative estimate of drug-likeness (QED) is 0.654. The summed E-state index contributed by atoms with van der Waals surface area (Å²) in [5.41, 5.74) is 0. The van der Waals surface area contributed by atoms with E-state index in [1.165, 1.54) is 45.3 Å². The van der Waals surface area contributed by atoms with E-state index in [2.05, 4.69) is 43.1 Å². The topological polar surface area (TPSA) is 18.5 Å². The molecule has 0 aromatic heterocycles. The molecule has 1 aliphatic rings. The second-order valence-corrected chi connectivity index (χ2v) is 5.66. The smallest absolute Gasteiger partial charge is 0.0229 e. The predicted octanol–water partition coefficient (Wildman–Crippen LogP) is 1.79. The first-order valence-corrected chi connectivity index (χ1v) is 7.25. The lowest BCUT2D eigenvalue weighted by Crippen LogP contribution is -2.32. The first-order chi connectivity index (χ1) is 8.13. The second-order valence-electron chi connectivity index (χ2n) is 5.66. The average Bonchev–Trinajstić information content (AvgIpc) is 2.73. The van der Waals surface area contributed by atoms with Crippen LogP contribution in [0, 0.1) is 0 Å². The Kier molecular flexibility index (Phi) is 7.09. The number of hydrogen-bond acceptors (Lipinski definition) is 3. The molecule has 1 rings (SSSR count). The zero-order chi connectivity index (χ0) is 12.7. The molecule has 1 aliphatic heterocycles. The minimum absolute atomic E-state index is 0.688. The fraction of sp³-hybridized carbons (Fsp3) is 1.00. The van der Waals surface area contributed by atoms with E-state index in [1.807, 2.05) is 0 Å². The fourth-order valence-corrected chi connectivity index (χ4v) is 2.67. The van der Waals surface area contributed by atoms with E-state index in [-0.39, 0.29) is 0 Å². The van der Waals surface area contributed by atoms with E-state index >= 15 is 0 Å². The van der Waals surface area contributed by atoms with Crippen molar-refractivity contribution in [2.24, 2.45) is 0 Å². The Morgan fingerprint density at radius 2 is 2.12 bits per heavy atom. The summed E-state index contributed by atoms with van der Waals surface area (Å²) in [6.07, 6.45) is 5.38. The molecule has 0 spiro atoms. The van der Waals surface area contributed by atoms with Crippen LogP contribution in [0.4, 0.5) is 0 Å². The normalized spacial score (nSPS) is 23.5. The highest BCUT2D eigenvalue weighted by Gasteiger charge is 2.22. The number of unbranched alkanes of at least 4 members (excludes halogenated alkanes) is 1. The van der Waals surface area contributed by atoms with Gasteiger partial charge in [-0.25, -0.2) is 0 Å². The van der Waals surface area contributed by atoms with Gasteiger partial charge in [0.15, 0.2) is 0 Å². The van der Waals surface area contributed by atoms with Crippen molar-refractivity contribution in [3.05, 3.63) is 0 Å². The number of likely N-dealkylation sites (tertiary alicyclic amines) is 1. The van der Waals surface area contributed by atoms with Crippen molar-refractivity contribution in [3.8, 4) is 0 Å². The van der Waals surface area contributed by atoms with Gasteiger partial charge in [0.2, 0.25) is 0 Å². The first kappa shape index (κ1) is 14.9. The standard InChI is InChI=1S/C14H31N3/c1-5-15-13(2)8-6-7-10-17-11-9-14(12-17)16(3)4/h13-15H,5-12H2,1-4H3.